The maximum Gasteiger partial charge on any atom is 0.152 e. The highest BCUT2D eigenvalue weighted by Crippen LogP contribution is 2.12. The highest BCUT2D eigenvalue weighted by Gasteiger charge is 2.01. The maximum absolute atomic E-state index is 4.34. The van der Waals surface area contributed by atoms with Crippen LogP contribution in [0.1, 0.15) is 12.8 Å². The molecule has 3 aromatic rings. The predicted molar refractivity (Wildman–Crippen MR) is 72.9 cm³/mol. The molecule has 0 spiro atoms. The van der Waals surface area contributed by atoms with E-state index in [1.165, 1.54) is 0 Å². The predicted octanol–water partition coefficient (Wildman–Crippen LogP) is 1.82. The SMILES string of the molecule is c1cn(CCCCNc2nccn3nccc23)cn1. The first-order chi connectivity index (χ1) is 9.43. The Morgan fingerprint density at radius 2 is 2.11 bits per heavy atom. The molecule has 0 saturated carbocycles. The minimum absolute atomic E-state index is 0.891. The second kappa shape index (κ2) is 5.51. The molecule has 3 aromatic heterocycles. The largest absolute Gasteiger partial charge is 0.368 e. The van der Waals surface area contributed by atoms with Gasteiger partial charge >= 0.3 is 0 Å². The van der Waals surface area contributed by atoms with E-state index in [0.29, 0.717) is 0 Å². The number of nitrogens with one attached hydrogen (secondary N) is 1. The lowest BCUT2D eigenvalue weighted by atomic mass is 10.3. The van der Waals surface area contributed by atoms with Crippen molar-refractivity contribution in [2.45, 2.75) is 19.4 Å². The minimum Gasteiger partial charge on any atom is -0.368 e. The molecule has 0 aliphatic rings. The Hall–Kier alpha value is -2.37. The number of hydrogen-bond acceptors (Lipinski definition) is 4. The summed E-state index contributed by atoms with van der Waals surface area (Å²) in [6.07, 6.45) is 13.2. The van der Waals surface area contributed by atoms with E-state index < -0.39 is 0 Å². The first-order valence-electron chi connectivity index (χ1n) is 6.41. The lowest BCUT2D eigenvalue weighted by Crippen LogP contribution is -2.06. The van der Waals surface area contributed by atoms with Crippen LogP contribution in [0.3, 0.4) is 0 Å². The van der Waals surface area contributed by atoms with Crippen LogP contribution in [0.15, 0.2) is 43.4 Å². The van der Waals surface area contributed by atoms with Gasteiger partial charge in [0, 0.05) is 37.9 Å². The van der Waals surface area contributed by atoms with Crippen molar-refractivity contribution in [3.8, 4) is 0 Å². The van der Waals surface area contributed by atoms with Gasteiger partial charge in [0.2, 0.25) is 0 Å². The molecule has 6 nitrogen and oxygen atoms in total. The number of hydrogen-bond donors (Lipinski definition) is 1. The molecule has 3 rings (SSSR count). The molecule has 0 aliphatic heterocycles. The van der Waals surface area contributed by atoms with Crippen molar-refractivity contribution in [2.75, 3.05) is 11.9 Å². The van der Waals surface area contributed by atoms with Crippen molar-refractivity contribution in [3.63, 3.8) is 0 Å². The molecule has 98 valence electrons. The third-order valence-electron chi connectivity index (χ3n) is 3.02. The standard InChI is InChI=1S/C13H16N6/c1(2-8-18-9-6-14-11-18)4-15-13-12-3-5-17-19(12)10-7-16-13/h3,5-7,9-11H,1-2,4,8H2,(H,15,16). The highest BCUT2D eigenvalue weighted by atomic mass is 15.2. The molecule has 0 aliphatic carbocycles. The first kappa shape index (κ1) is 11.7. The number of aryl methyl sites for hydroxylation is 1. The summed E-state index contributed by atoms with van der Waals surface area (Å²) in [7, 11) is 0. The van der Waals surface area contributed by atoms with Gasteiger partial charge in [-0.3, -0.25) is 0 Å². The van der Waals surface area contributed by atoms with E-state index in [2.05, 4.69) is 25.0 Å². The molecule has 6 heteroatoms. The van der Waals surface area contributed by atoms with Gasteiger partial charge in [0.05, 0.1) is 12.5 Å². The van der Waals surface area contributed by atoms with Crippen LogP contribution in [0.5, 0.6) is 0 Å². The summed E-state index contributed by atoms with van der Waals surface area (Å²) in [4.78, 5) is 8.36. The number of aromatic nitrogens is 5. The lowest BCUT2D eigenvalue weighted by molar-refractivity contribution is 0.620. The zero-order chi connectivity index (χ0) is 12.9. The summed E-state index contributed by atoms with van der Waals surface area (Å²) < 4.78 is 3.91. The van der Waals surface area contributed by atoms with Crippen molar-refractivity contribution in [3.05, 3.63) is 43.4 Å². The van der Waals surface area contributed by atoms with Crippen LogP contribution in [-0.4, -0.2) is 30.7 Å². The van der Waals surface area contributed by atoms with Gasteiger partial charge in [0.25, 0.3) is 0 Å². The molecule has 19 heavy (non-hydrogen) atoms. The average Bonchev–Trinajstić information content (AvgIpc) is 3.09. The van der Waals surface area contributed by atoms with E-state index in [9.17, 15) is 0 Å². The van der Waals surface area contributed by atoms with Crippen molar-refractivity contribution in [2.24, 2.45) is 0 Å². The molecular weight excluding hydrogens is 240 g/mol. The molecular formula is C13H16N6. The van der Waals surface area contributed by atoms with Crippen LogP contribution in [0.25, 0.3) is 5.52 Å². The fourth-order valence-electron chi connectivity index (χ4n) is 2.04. The van der Waals surface area contributed by atoms with Crippen molar-refractivity contribution in [1.29, 1.82) is 0 Å². The molecule has 1 N–H and O–H groups in total. The van der Waals surface area contributed by atoms with E-state index in [1.54, 1.807) is 12.4 Å². The lowest BCUT2D eigenvalue weighted by Gasteiger charge is -2.07. The zero-order valence-corrected chi connectivity index (χ0v) is 10.6. The normalized spacial score (nSPS) is 10.9. The summed E-state index contributed by atoms with van der Waals surface area (Å²) in [5, 5.41) is 7.54. The van der Waals surface area contributed by atoms with Crippen molar-refractivity contribution in [1.82, 2.24) is 24.1 Å². The quantitative estimate of drug-likeness (QED) is 0.683. The van der Waals surface area contributed by atoms with Gasteiger partial charge in [0.15, 0.2) is 5.82 Å². The second-order valence-electron chi connectivity index (χ2n) is 4.37. The third kappa shape index (κ3) is 2.73. The van der Waals surface area contributed by atoms with Crippen molar-refractivity contribution >= 4 is 11.3 Å². The van der Waals surface area contributed by atoms with E-state index >= 15 is 0 Å². The van der Waals surface area contributed by atoms with E-state index in [-0.39, 0.29) is 0 Å². The third-order valence-corrected chi connectivity index (χ3v) is 3.02. The molecule has 0 radical (unpaired) electrons. The van der Waals surface area contributed by atoms with E-state index in [0.717, 1.165) is 37.3 Å². The van der Waals surface area contributed by atoms with Gasteiger partial charge in [-0.05, 0) is 18.9 Å². The molecule has 0 saturated heterocycles. The maximum atomic E-state index is 4.34. The molecule has 0 atom stereocenters. The number of fused-ring (bicyclic) bond motifs is 1. The molecule has 0 amide bonds. The Bertz CT molecular complexity index is 627. The number of nitrogens with zero attached hydrogens (tertiary/aromatic N) is 5. The van der Waals surface area contributed by atoms with Crippen LogP contribution in [-0.2, 0) is 6.54 Å². The molecule has 0 unspecified atom stereocenters. The van der Waals surface area contributed by atoms with Gasteiger partial charge in [-0.25, -0.2) is 14.5 Å². The molecule has 0 bridgehead atoms. The van der Waals surface area contributed by atoms with Gasteiger partial charge in [0.1, 0.15) is 5.52 Å². The van der Waals surface area contributed by atoms with E-state index in [4.69, 9.17) is 0 Å². The van der Waals surface area contributed by atoms with Crippen molar-refractivity contribution < 1.29 is 0 Å². The van der Waals surface area contributed by atoms with Crippen LogP contribution in [0, 0.1) is 0 Å². The van der Waals surface area contributed by atoms with Gasteiger partial charge in [-0.2, -0.15) is 5.10 Å². The van der Waals surface area contributed by atoms with Gasteiger partial charge in [-0.15, -0.1) is 0 Å². The fourth-order valence-corrected chi connectivity index (χ4v) is 2.04. The molecule has 0 aromatic carbocycles. The topological polar surface area (TPSA) is 60.0 Å². The molecule has 3 heterocycles. The van der Waals surface area contributed by atoms with Crippen LogP contribution in [0.2, 0.25) is 0 Å². The molecule has 0 fully saturated rings. The Balaban J connectivity index is 1.48. The Morgan fingerprint density at radius 3 is 3.00 bits per heavy atom. The first-order valence-corrected chi connectivity index (χ1v) is 6.41. The average molecular weight is 256 g/mol. The summed E-state index contributed by atoms with van der Waals surface area (Å²) >= 11 is 0. The van der Waals surface area contributed by atoms with E-state index in [1.807, 2.05) is 35.5 Å². The highest BCUT2D eigenvalue weighted by molar-refractivity contribution is 5.66. The van der Waals surface area contributed by atoms with Crippen LogP contribution >= 0.6 is 0 Å². The Kier molecular flexibility index (Phi) is 3.40. The Morgan fingerprint density at radius 1 is 1.11 bits per heavy atom. The Labute approximate surface area is 111 Å². The van der Waals surface area contributed by atoms with Gasteiger partial charge < -0.3 is 9.88 Å². The minimum atomic E-state index is 0.891. The van der Waals surface area contributed by atoms with Crippen LogP contribution in [0.4, 0.5) is 5.82 Å². The number of rotatable bonds is 6. The number of anilines is 1. The zero-order valence-electron chi connectivity index (χ0n) is 10.6. The van der Waals surface area contributed by atoms with Gasteiger partial charge in [-0.1, -0.05) is 0 Å². The summed E-state index contributed by atoms with van der Waals surface area (Å²) in [6, 6.07) is 1.96. The fraction of sp³-hybridized carbons (Fsp3) is 0.308. The summed E-state index contributed by atoms with van der Waals surface area (Å²) in [5.41, 5.74) is 1.01. The summed E-state index contributed by atoms with van der Waals surface area (Å²) in [5.74, 6) is 0.891. The van der Waals surface area contributed by atoms with Crippen LogP contribution < -0.4 is 5.32 Å². The second-order valence-corrected chi connectivity index (χ2v) is 4.37. The monoisotopic (exact) mass is 256 g/mol. The number of imidazole rings is 1. The summed E-state index contributed by atoms with van der Waals surface area (Å²) in [6.45, 7) is 1.92. The number of unbranched alkanes of at least 4 members (excludes halogenated alkanes) is 1. The smallest absolute Gasteiger partial charge is 0.152 e.